The average Bonchev–Trinajstić information content (AvgIpc) is 3.18. The summed E-state index contributed by atoms with van der Waals surface area (Å²) >= 11 is 0. The molecule has 1 fully saturated rings. The summed E-state index contributed by atoms with van der Waals surface area (Å²) < 4.78 is 1.46. The van der Waals surface area contributed by atoms with E-state index in [0.29, 0.717) is 11.4 Å². The predicted octanol–water partition coefficient (Wildman–Crippen LogP) is 3.03. The van der Waals surface area contributed by atoms with Gasteiger partial charge in [0.05, 0.1) is 4.92 Å². The van der Waals surface area contributed by atoms with Gasteiger partial charge in [0.1, 0.15) is 17.9 Å². The second kappa shape index (κ2) is 7.68. The van der Waals surface area contributed by atoms with Crippen LogP contribution in [0.3, 0.4) is 0 Å². The van der Waals surface area contributed by atoms with Crippen LogP contribution in [0.4, 0.5) is 5.69 Å². The van der Waals surface area contributed by atoms with Gasteiger partial charge >= 0.3 is 5.69 Å². The number of hydrogen-bond acceptors (Lipinski definition) is 4. The minimum atomic E-state index is -0.433. The molecule has 2 heterocycles. The molecule has 0 saturated carbocycles. The highest BCUT2D eigenvalue weighted by Gasteiger charge is 2.30. The second-order valence-corrected chi connectivity index (χ2v) is 6.84. The Morgan fingerprint density at radius 2 is 2.04 bits per heavy atom. The number of benzene rings is 1. The van der Waals surface area contributed by atoms with Gasteiger partial charge in [-0.15, -0.1) is 0 Å². The van der Waals surface area contributed by atoms with Crippen molar-refractivity contribution in [2.75, 3.05) is 6.54 Å². The molecule has 1 atom stereocenters. The Hall–Kier alpha value is -2.70. The summed E-state index contributed by atoms with van der Waals surface area (Å²) in [5.41, 5.74) is 2.06. The van der Waals surface area contributed by atoms with Gasteiger partial charge in [0.25, 0.3) is 0 Å². The first-order valence-corrected chi connectivity index (χ1v) is 8.99. The van der Waals surface area contributed by atoms with Crippen LogP contribution in [0.15, 0.2) is 30.3 Å². The zero-order valence-electron chi connectivity index (χ0n) is 15.2. The lowest BCUT2D eigenvalue weighted by atomic mass is 10.0. The molecule has 7 nitrogen and oxygen atoms in total. The summed E-state index contributed by atoms with van der Waals surface area (Å²) in [4.78, 5) is 25.4. The van der Waals surface area contributed by atoms with Crippen LogP contribution < -0.4 is 0 Å². The van der Waals surface area contributed by atoms with Crippen molar-refractivity contribution in [3.05, 3.63) is 57.4 Å². The first-order chi connectivity index (χ1) is 12.5. The van der Waals surface area contributed by atoms with E-state index in [1.165, 1.54) is 10.2 Å². The van der Waals surface area contributed by atoms with Gasteiger partial charge in [-0.25, -0.2) is 0 Å². The summed E-state index contributed by atoms with van der Waals surface area (Å²) in [6.07, 6.45) is 3.89. The number of amides is 1. The Kier molecular flexibility index (Phi) is 5.35. The van der Waals surface area contributed by atoms with E-state index in [4.69, 9.17) is 0 Å². The molecule has 3 rings (SSSR count). The van der Waals surface area contributed by atoms with Gasteiger partial charge in [-0.1, -0.05) is 30.3 Å². The molecule has 1 amide bonds. The Labute approximate surface area is 152 Å². The number of rotatable bonds is 6. The first kappa shape index (κ1) is 18.1. The summed E-state index contributed by atoms with van der Waals surface area (Å²) in [6, 6.07) is 10.5. The Morgan fingerprint density at radius 1 is 1.31 bits per heavy atom. The van der Waals surface area contributed by atoms with E-state index in [0.717, 1.165) is 32.2 Å². The number of nitrogens with zero attached hydrogens (tertiary/aromatic N) is 4. The fourth-order valence-electron chi connectivity index (χ4n) is 3.77. The average molecular weight is 356 g/mol. The highest BCUT2D eigenvalue weighted by molar-refractivity contribution is 5.76. The molecule has 26 heavy (non-hydrogen) atoms. The number of carbonyl (C=O) groups excluding carboxylic acids is 1. The minimum absolute atomic E-state index is 0.000139. The largest absolute Gasteiger partial charge is 0.338 e. The van der Waals surface area contributed by atoms with E-state index < -0.39 is 4.92 Å². The van der Waals surface area contributed by atoms with Crippen LogP contribution in [-0.4, -0.2) is 38.1 Å². The summed E-state index contributed by atoms with van der Waals surface area (Å²) in [5, 5.41) is 15.3. The van der Waals surface area contributed by atoms with Crippen molar-refractivity contribution >= 4 is 11.6 Å². The van der Waals surface area contributed by atoms with Crippen LogP contribution >= 0.6 is 0 Å². The van der Waals surface area contributed by atoms with Crippen molar-refractivity contribution in [3.63, 3.8) is 0 Å². The molecule has 0 radical (unpaired) electrons. The van der Waals surface area contributed by atoms with Gasteiger partial charge < -0.3 is 4.90 Å². The molecule has 0 bridgehead atoms. The van der Waals surface area contributed by atoms with Gasteiger partial charge in [0.15, 0.2) is 0 Å². The monoisotopic (exact) mass is 356 g/mol. The van der Waals surface area contributed by atoms with E-state index in [2.05, 4.69) is 17.2 Å². The van der Waals surface area contributed by atoms with Crippen LogP contribution in [0.1, 0.15) is 36.2 Å². The third-order valence-electron chi connectivity index (χ3n) is 5.12. The van der Waals surface area contributed by atoms with Crippen LogP contribution in [-0.2, 0) is 17.8 Å². The van der Waals surface area contributed by atoms with Crippen molar-refractivity contribution in [2.45, 2.75) is 52.1 Å². The molecular formula is C19H24N4O3. The molecule has 7 heteroatoms. The zero-order chi connectivity index (χ0) is 18.7. The molecule has 1 saturated heterocycles. The predicted molar refractivity (Wildman–Crippen MR) is 97.9 cm³/mol. The van der Waals surface area contributed by atoms with Crippen LogP contribution in [0.25, 0.3) is 0 Å². The molecule has 0 spiro atoms. The first-order valence-electron chi connectivity index (χ1n) is 8.99. The molecule has 1 unspecified atom stereocenters. The zero-order valence-corrected chi connectivity index (χ0v) is 15.2. The third-order valence-corrected chi connectivity index (χ3v) is 5.12. The lowest BCUT2D eigenvalue weighted by Gasteiger charge is -2.25. The normalized spacial score (nSPS) is 16.8. The Balaban J connectivity index is 1.65. The highest BCUT2D eigenvalue weighted by Crippen LogP contribution is 2.24. The van der Waals surface area contributed by atoms with Gasteiger partial charge in [0, 0.05) is 12.6 Å². The Bertz CT molecular complexity index is 801. The quantitative estimate of drug-likeness (QED) is 0.588. The third kappa shape index (κ3) is 3.76. The lowest BCUT2D eigenvalue weighted by Crippen LogP contribution is -2.38. The molecule has 2 aromatic rings. The van der Waals surface area contributed by atoms with Gasteiger partial charge in [-0.05, 0) is 45.1 Å². The van der Waals surface area contributed by atoms with E-state index in [1.54, 1.807) is 13.8 Å². The highest BCUT2D eigenvalue weighted by atomic mass is 16.6. The number of nitro groups is 1. The van der Waals surface area contributed by atoms with E-state index in [9.17, 15) is 14.9 Å². The van der Waals surface area contributed by atoms with Crippen molar-refractivity contribution in [3.8, 4) is 0 Å². The maximum Gasteiger partial charge on any atom is 0.312 e. The van der Waals surface area contributed by atoms with Gasteiger partial charge in [0.2, 0.25) is 5.91 Å². The summed E-state index contributed by atoms with van der Waals surface area (Å²) in [7, 11) is 0. The SMILES string of the molecule is Cc1nn(CC(=O)N2CCCC2CCc2ccccc2)c(C)c1[N+](=O)[O-]. The fourth-order valence-corrected chi connectivity index (χ4v) is 3.77. The fraction of sp³-hybridized carbons (Fsp3) is 0.474. The van der Waals surface area contributed by atoms with E-state index in [1.807, 2.05) is 23.1 Å². The molecule has 0 aliphatic carbocycles. The van der Waals surface area contributed by atoms with Crippen molar-refractivity contribution in [2.24, 2.45) is 0 Å². The Morgan fingerprint density at radius 3 is 2.69 bits per heavy atom. The molecular weight excluding hydrogens is 332 g/mol. The van der Waals surface area contributed by atoms with Crippen LogP contribution in [0.5, 0.6) is 0 Å². The van der Waals surface area contributed by atoms with Gasteiger partial charge in [-0.3, -0.25) is 19.6 Å². The number of likely N-dealkylation sites (tertiary alicyclic amines) is 1. The standard InChI is InChI=1S/C19H24N4O3/c1-14-19(23(25)26)15(2)22(20-14)13-18(24)21-12-6-9-17(21)11-10-16-7-4-3-5-8-16/h3-5,7-8,17H,6,9-13H2,1-2H3. The van der Waals surface area contributed by atoms with Gasteiger partial charge in [-0.2, -0.15) is 5.10 Å². The molecule has 1 aliphatic heterocycles. The number of aryl methyl sites for hydroxylation is 2. The van der Waals surface area contributed by atoms with Crippen LogP contribution in [0, 0.1) is 24.0 Å². The molecule has 138 valence electrons. The van der Waals surface area contributed by atoms with E-state index in [-0.39, 0.29) is 24.2 Å². The second-order valence-electron chi connectivity index (χ2n) is 6.84. The van der Waals surface area contributed by atoms with Crippen molar-refractivity contribution in [1.82, 2.24) is 14.7 Å². The molecule has 1 aromatic heterocycles. The van der Waals surface area contributed by atoms with Crippen molar-refractivity contribution < 1.29 is 9.72 Å². The van der Waals surface area contributed by atoms with Crippen LogP contribution in [0.2, 0.25) is 0 Å². The molecule has 0 N–H and O–H groups in total. The number of carbonyl (C=O) groups is 1. The molecule has 1 aliphatic rings. The number of hydrogen-bond donors (Lipinski definition) is 0. The molecule has 1 aromatic carbocycles. The maximum absolute atomic E-state index is 12.8. The summed E-state index contributed by atoms with van der Waals surface area (Å²) in [5.74, 6) is -0.0129. The maximum atomic E-state index is 12.8. The van der Waals surface area contributed by atoms with E-state index >= 15 is 0 Å². The smallest absolute Gasteiger partial charge is 0.312 e. The van der Waals surface area contributed by atoms with Crippen molar-refractivity contribution in [1.29, 1.82) is 0 Å². The minimum Gasteiger partial charge on any atom is -0.338 e. The topological polar surface area (TPSA) is 81.3 Å². The number of aromatic nitrogens is 2. The lowest BCUT2D eigenvalue weighted by molar-refractivity contribution is -0.386. The summed E-state index contributed by atoms with van der Waals surface area (Å²) in [6.45, 7) is 4.05.